The first-order chi connectivity index (χ1) is 16.0. The van der Waals surface area contributed by atoms with Crippen LogP contribution in [0, 0.1) is 6.92 Å². The van der Waals surface area contributed by atoms with Crippen molar-refractivity contribution in [2.75, 3.05) is 18.4 Å². The summed E-state index contributed by atoms with van der Waals surface area (Å²) >= 11 is 0. The molecule has 0 bridgehead atoms. The van der Waals surface area contributed by atoms with E-state index < -0.39 is 0 Å². The van der Waals surface area contributed by atoms with E-state index in [0.29, 0.717) is 24.4 Å². The van der Waals surface area contributed by atoms with E-state index in [1.54, 1.807) is 24.4 Å². The maximum atomic E-state index is 12.6. The van der Waals surface area contributed by atoms with E-state index in [0.717, 1.165) is 54.1 Å². The number of carbonyl (C=O) groups excluding carboxylic acids is 1. The third-order valence-corrected chi connectivity index (χ3v) is 5.40. The van der Waals surface area contributed by atoms with E-state index in [4.69, 9.17) is 0 Å². The van der Waals surface area contributed by atoms with E-state index in [-0.39, 0.29) is 5.91 Å². The average Bonchev–Trinajstić information content (AvgIpc) is 2.80. The summed E-state index contributed by atoms with van der Waals surface area (Å²) in [7, 11) is 0. The Hall–Kier alpha value is -3.38. The van der Waals surface area contributed by atoms with Crippen LogP contribution in [-0.2, 0) is 13.1 Å². The maximum absolute atomic E-state index is 12.6. The molecule has 0 spiro atoms. The summed E-state index contributed by atoms with van der Waals surface area (Å²) in [5.74, 6) is 0.171. The number of hydrogen-bond donors (Lipinski definition) is 3. The highest BCUT2D eigenvalue weighted by molar-refractivity contribution is 5.94. The van der Waals surface area contributed by atoms with E-state index in [9.17, 15) is 9.90 Å². The third-order valence-electron chi connectivity index (χ3n) is 5.40. The molecule has 1 amide bonds. The summed E-state index contributed by atoms with van der Waals surface area (Å²) in [4.78, 5) is 19.2. The average molecular weight is 447 g/mol. The molecule has 0 unspecified atom stereocenters. The van der Waals surface area contributed by atoms with Crippen LogP contribution in [-0.4, -0.2) is 34.0 Å². The number of anilines is 2. The number of nitrogens with zero attached hydrogens (tertiary/aromatic N) is 2. The number of aromatic nitrogens is 1. The van der Waals surface area contributed by atoms with Crippen LogP contribution in [0.15, 0.2) is 60.8 Å². The molecule has 174 valence electrons. The van der Waals surface area contributed by atoms with Crippen molar-refractivity contribution in [2.24, 2.45) is 0 Å². The number of carbonyl (C=O) groups is 1. The number of hydrogen-bond acceptors (Lipinski definition) is 5. The summed E-state index contributed by atoms with van der Waals surface area (Å²) in [6.07, 6.45) is 3.92. The van der Waals surface area contributed by atoms with Crippen molar-refractivity contribution in [1.82, 2.24) is 15.2 Å². The van der Waals surface area contributed by atoms with Crippen LogP contribution in [0.2, 0.25) is 0 Å². The van der Waals surface area contributed by atoms with Crippen LogP contribution < -0.4 is 10.6 Å². The fourth-order valence-electron chi connectivity index (χ4n) is 3.80. The number of rotatable bonds is 11. The monoisotopic (exact) mass is 446 g/mol. The summed E-state index contributed by atoms with van der Waals surface area (Å²) in [6, 6.07) is 16.8. The summed E-state index contributed by atoms with van der Waals surface area (Å²) in [5, 5.41) is 16.6. The maximum Gasteiger partial charge on any atom is 0.251 e. The minimum absolute atomic E-state index is 0.130. The number of nitrogens with one attached hydrogen (secondary N) is 2. The Kier molecular flexibility index (Phi) is 8.84. The molecule has 2 aromatic carbocycles. The zero-order chi connectivity index (χ0) is 23.6. The topological polar surface area (TPSA) is 77.5 Å². The van der Waals surface area contributed by atoms with Gasteiger partial charge in [-0.2, -0.15) is 0 Å². The summed E-state index contributed by atoms with van der Waals surface area (Å²) in [5.41, 5.74) is 5.27. The van der Waals surface area contributed by atoms with E-state index >= 15 is 0 Å². The zero-order valence-corrected chi connectivity index (χ0v) is 19.8. The van der Waals surface area contributed by atoms with Crippen molar-refractivity contribution in [3.63, 3.8) is 0 Å². The smallest absolute Gasteiger partial charge is 0.251 e. The van der Waals surface area contributed by atoms with Crippen LogP contribution in [0.4, 0.5) is 11.4 Å². The van der Waals surface area contributed by atoms with Crippen LogP contribution in [0.5, 0.6) is 5.75 Å². The zero-order valence-electron chi connectivity index (χ0n) is 19.8. The SMILES string of the molecule is CCCN(CCC)Cc1cc(CNC(=O)c2ccc(Nc3ccnc(C)c3)cc2)ccc1O. The fraction of sp³-hybridized carbons (Fsp3) is 0.333. The Labute approximate surface area is 196 Å². The fourth-order valence-corrected chi connectivity index (χ4v) is 3.80. The lowest BCUT2D eigenvalue weighted by atomic mass is 10.1. The first-order valence-electron chi connectivity index (χ1n) is 11.6. The first-order valence-corrected chi connectivity index (χ1v) is 11.6. The predicted octanol–water partition coefficient (Wildman–Crippen LogP) is 5.39. The quantitative estimate of drug-likeness (QED) is 0.368. The lowest BCUT2D eigenvalue weighted by Crippen LogP contribution is -2.25. The molecule has 3 N–H and O–H groups in total. The molecule has 0 aliphatic heterocycles. The minimum Gasteiger partial charge on any atom is -0.508 e. The molecule has 0 radical (unpaired) electrons. The summed E-state index contributed by atoms with van der Waals surface area (Å²) < 4.78 is 0. The van der Waals surface area contributed by atoms with Gasteiger partial charge in [-0.05, 0) is 86.9 Å². The standard InChI is InChI=1S/C27H34N4O2/c1-4-14-31(15-5-2)19-23-17-21(6-11-26(23)32)18-29-27(33)22-7-9-24(10-8-22)30-25-12-13-28-20(3)16-25/h6-13,16-17,32H,4-5,14-15,18-19H2,1-3H3,(H,28,30)(H,29,33). The molecule has 0 aliphatic rings. The Morgan fingerprint density at radius 1 is 0.970 bits per heavy atom. The van der Waals surface area contributed by atoms with Crippen molar-refractivity contribution in [3.05, 3.63) is 83.2 Å². The lowest BCUT2D eigenvalue weighted by molar-refractivity contribution is 0.0951. The van der Waals surface area contributed by atoms with Gasteiger partial charge in [-0.3, -0.25) is 14.7 Å². The number of benzene rings is 2. The third kappa shape index (κ3) is 7.32. The molecule has 3 aromatic rings. The van der Waals surface area contributed by atoms with Gasteiger partial charge in [0.15, 0.2) is 0 Å². The van der Waals surface area contributed by atoms with Gasteiger partial charge in [-0.1, -0.05) is 19.9 Å². The normalized spacial score (nSPS) is 10.9. The number of amides is 1. The van der Waals surface area contributed by atoms with Crippen LogP contribution in [0.25, 0.3) is 0 Å². The second-order valence-corrected chi connectivity index (χ2v) is 8.31. The highest BCUT2D eigenvalue weighted by Gasteiger charge is 2.10. The van der Waals surface area contributed by atoms with E-state index in [1.807, 2.05) is 43.3 Å². The van der Waals surface area contributed by atoms with E-state index in [2.05, 4.69) is 34.4 Å². The van der Waals surface area contributed by atoms with Gasteiger partial charge in [-0.15, -0.1) is 0 Å². The van der Waals surface area contributed by atoms with Crippen LogP contribution in [0.1, 0.15) is 53.9 Å². The van der Waals surface area contributed by atoms with Gasteiger partial charge >= 0.3 is 0 Å². The number of aryl methyl sites for hydroxylation is 1. The highest BCUT2D eigenvalue weighted by atomic mass is 16.3. The molecule has 0 saturated heterocycles. The largest absolute Gasteiger partial charge is 0.508 e. The van der Waals surface area contributed by atoms with Crippen molar-refractivity contribution < 1.29 is 9.90 Å². The molecular weight excluding hydrogens is 412 g/mol. The molecule has 0 saturated carbocycles. The molecular formula is C27H34N4O2. The summed E-state index contributed by atoms with van der Waals surface area (Å²) in [6.45, 7) is 9.39. The van der Waals surface area contributed by atoms with Crippen molar-refractivity contribution in [2.45, 2.75) is 46.7 Å². The molecule has 6 heteroatoms. The van der Waals surface area contributed by atoms with E-state index in [1.165, 1.54) is 0 Å². The second kappa shape index (κ2) is 12.0. The number of phenolic OH excluding ortho intramolecular Hbond substituents is 1. The number of phenols is 1. The Bertz CT molecular complexity index is 1040. The molecule has 0 fully saturated rings. The number of aromatic hydroxyl groups is 1. The van der Waals surface area contributed by atoms with Gasteiger partial charge in [0.1, 0.15) is 5.75 Å². The van der Waals surface area contributed by atoms with Crippen molar-refractivity contribution >= 4 is 17.3 Å². The lowest BCUT2D eigenvalue weighted by Gasteiger charge is -2.22. The van der Waals surface area contributed by atoms with Gasteiger partial charge in [-0.25, -0.2) is 0 Å². The van der Waals surface area contributed by atoms with Crippen LogP contribution >= 0.6 is 0 Å². The van der Waals surface area contributed by atoms with Gasteiger partial charge in [0.2, 0.25) is 0 Å². The predicted molar refractivity (Wildman–Crippen MR) is 134 cm³/mol. The number of pyridine rings is 1. The molecule has 1 heterocycles. The molecule has 0 atom stereocenters. The first kappa shape index (κ1) is 24.3. The molecule has 6 nitrogen and oxygen atoms in total. The highest BCUT2D eigenvalue weighted by Crippen LogP contribution is 2.21. The second-order valence-electron chi connectivity index (χ2n) is 8.31. The molecule has 33 heavy (non-hydrogen) atoms. The van der Waals surface area contributed by atoms with Gasteiger partial charge in [0, 0.05) is 47.5 Å². The van der Waals surface area contributed by atoms with Crippen molar-refractivity contribution in [1.29, 1.82) is 0 Å². The Morgan fingerprint density at radius 2 is 1.70 bits per heavy atom. The van der Waals surface area contributed by atoms with Crippen molar-refractivity contribution in [3.8, 4) is 5.75 Å². The molecule has 0 aliphatic carbocycles. The van der Waals surface area contributed by atoms with Gasteiger partial charge < -0.3 is 15.7 Å². The molecule has 1 aromatic heterocycles. The Morgan fingerprint density at radius 3 is 2.36 bits per heavy atom. The van der Waals surface area contributed by atoms with Crippen LogP contribution in [0.3, 0.4) is 0 Å². The van der Waals surface area contributed by atoms with Gasteiger partial charge in [0.05, 0.1) is 0 Å². The Balaban J connectivity index is 1.58. The van der Waals surface area contributed by atoms with Gasteiger partial charge in [0.25, 0.3) is 5.91 Å². The minimum atomic E-state index is -0.130. The molecule has 3 rings (SSSR count).